The number of aryl methyl sites for hydroxylation is 2. The molecule has 0 radical (unpaired) electrons. The van der Waals surface area contributed by atoms with E-state index >= 15 is 0 Å². The van der Waals surface area contributed by atoms with Crippen LogP contribution in [0.3, 0.4) is 0 Å². The van der Waals surface area contributed by atoms with Gasteiger partial charge in [-0.05, 0) is 43.2 Å². The van der Waals surface area contributed by atoms with Gasteiger partial charge in [0.05, 0.1) is 0 Å². The van der Waals surface area contributed by atoms with Crippen molar-refractivity contribution in [3.05, 3.63) is 59.2 Å². The molecule has 1 nitrogen and oxygen atoms in total. The molecule has 2 aromatic carbocycles. The van der Waals surface area contributed by atoms with Crippen LogP contribution in [0.4, 0.5) is 0 Å². The first kappa shape index (κ1) is 12.2. The van der Waals surface area contributed by atoms with Crippen molar-refractivity contribution < 1.29 is 0 Å². The molecule has 0 spiro atoms. The van der Waals surface area contributed by atoms with E-state index in [4.69, 9.17) is 5.73 Å². The topological polar surface area (TPSA) is 26.0 Å². The van der Waals surface area contributed by atoms with E-state index in [1.807, 2.05) is 0 Å². The fourth-order valence-electron chi connectivity index (χ4n) is 1.76. The summed E-state index contributed by atoms with van der Waals surface area (Å²) in [6.45, 7) is 4.86. The molecule has 2 N–H and O–H groups in total. The second-order valence-electron chi connectivity index (χ2n) is 4.22. The lowest BCUT2D eigenvalue weighted by atomic mass is 10.1. The monoisotopic (exact) mass is 243 g/mol. The van der Waals surface area contributed by atoms with E-state index < -0.39 is 0 Å². The van der Waals surface area contributed by atoms with Gasteiger partial charge < -0.3 is 5.73 Å². The van der Waals surface area contributed by atoms with E-state index in [0.717, 1.165) is 0 Å². The number of hydrogen-bond donors (Lipinski definition) is 1. The van der Waals surface area contributed by atoms with E-state index in [2.05, 4.69) is 56.3 Å². The van der Waals surface area contributed by atoms with Crippen molar-refractivity contribution in [3.63, 3.8) is 0 Å². The average molecular weight is 243 g/mol. The lowest BCUT2D eigenvalue weighted by molar-refractivity contribution is 1.06. The summed E-state index contributed by atoms with van der Waals surface area (Å²) in [5.41, 5.74) is 9.41. The van der Waals surface area contributed by atoms with Crippen molar-refractivity contribution in [2.75, 3.05) is 0 Å². The zero-order valence-corrected chi connectivity index (χ0v) is 11.1. The molecule has 0 aliphatic carbocycles. The van der Waals surface area contributed by atoms with Crippen LogP contribution in [0.2, 0.25) is 0 Å². The van der Waals surface area contributed by atoms with Crippen LogP contribution in [0.5, 0.6) is 0 Å². The number of benzene rings is 2. The Balaban J connectivity index is 2.24. The van der Waals surface area contributed by atoms with Crippen molar-refractivity contribution in [2.24, 2.45) is 5.73 Å². The highest BCUT2D eigenvalue weighted by Crippen LogP contribution is 2.30. The third-order valence-electron chi connectivity index (χ3n) is 2.69. The van der Waals surface area contributed by atoms with Crippen molar-refractivity contribution in [2.45, 2.75) is 30.2 Å². The van der Waals surface area contributed by atoms with Crippen LogP contribution >= 0.6 is 11.8 Å². The Morgan fingerprint density at radius 3 is 2.53 bits per heavy atom. The Morgan fingerprint density at radius 2 is 1.88 bits per heavy atom. The predicted molar refractivity (Wildman–Crippen MR) is 74.4 cm³/mol. The highest BCUT2D eigenvalue weighted by molar-refractivity contribution is 7.99. The van der Waals surface area contributed by atoms with Crippen LogP contribution in [-0.2, 0) is 6.54 Å². The molecule has 0 atom stereocenters. The lowest BCUT2D eigenvalue weighted by Crippen LogP contribution is -1.96. The molecule has 0 fully saturated rings. The molecule has 88 valence electrons. The fraction of sp³-hybridized carbons (Fsp3) is 0.200. The molecule has 0 bridgehead atoms. The van der Waals surface area contributed by atoms with Gasteiger partial charge in [0.25, 0.3) is 0 Å². The van der Waals surface area contributed by atoms with Gasteiger partial charge in [0.2, 0.25) is 0 Å². The molecule has 17 heavy (non-hydrogen) atoms. The highest BCUT2D eigenvalue weighted by atomic mass is 32.2. The van der Waals surface area contributed by atoms with Crippen LogP contribution in [0, 0.1) is 13.8 Å². The van der Waals surface area contributed by atoms with Gasteiger partial charge in [0.1, 0.15) is 0 Å². The van der Waals surface area contributed by atoms with E-state index in [1.165, 1.54) is 26.5 Å². The minimum atomic E-state index is 0.607. The summed E-state index contributed by atoms with van der Waals surface area (Å²) >= 11 is 1.81. The van der Waals surface area contributed by atoms with Crippen LogP contribution in [0.25, 0.3) is 0 Å². The van der Waals surface area contributed by atoms with E-state index in [0.29, 0.717) is 6.54 Å². The molecule has 0 heterocycles. The highest BCUT2D eigenvalue weighted by Gasteiger charge is 2.02. The first-order valence-electron chi connectivity index (χ1n) is 5.73. The molecule has 2 aromatic rings. The molecular weight excluding hydrogens is 226 g/mol. The summed E-state index contributed by atoms with van der Waals surface area (Å²) in [6.07, 6.45) is 0. The lowest BCUT2D eigenvalue weighted by Gasteiger charge is -2.07. The van der Waals surface area contributed by atoms with Gasteiger partial charge in [0.15, 0.2) is 0 Å². The summed E-state index contributed by atoms with van der Waals surface area (Å²) < 4.78 is 0. The van der Waals surface area contributed by atoms with E-state index in [9.17, 15) is 0 Å². The van der Waals surface area contributed by atoms with Gasteiger partial charge in [-0.15, -0.1) is 0 Å². The third-order valence-corrected chi connectivity index (χ3v) is 3.86. The third kappa shape index (κ3) is 3.11. The van der Waals surface area contributed by atoms with E-state index in [1.54, 1.807) is 11.8 Å². The van der Waals surface area contributed by atoms with Gasteiger partial charge in [-0.25, -0.2) is 0 Å². The molecule has 0 saturated heterocycles. The zero-order chi connectivity index (χ0) is 12.3. The summed E-state index contributed by atoms with van der Waals surface area (Å²) in [5.74, 6) is 0. The fourth-order valence-corrected chi connectivity index (χ4v) is 2.76. The van der Waals surface area contributed by atoms with Crippen LogP contribution in [0.15, 0.2) is 52.3 Å². The molecule has 0 aliphatic heterocycles. The van der Waals surface area contributed by atoms with Crippen molar-refractivity contribution in [1.82, 2.24) is 0 Å². The number of hydrogen-bond acceptors (Lipinski definition) is 2. The van der Waals surface area contributed by atoms with Crippen molar-refractivity contribution in [3.8, 4) is 0 Å². The summed E-state index contributed by atoms with van der Waals surface area (Å²) in [6, 6.07) is 15.0. The van der Waals surface area contributed by atoms with Gasteiger partial charge in [-0.2, -0.15) is 0 Å². The second-order valence-corrected chi connectivity index (χ2v) is 5.34. The Bertz CT molecular complexity index is 520. The standard InChI is InChI=1S/C15H17NS/c1-11-4-3-5-14(8-11)17-15-7-6-13(10-16)9-12(15)2/h3-9H,10,16H2,1-2H3. The first-order chi connectivity index (χ1) is 8.19. The SMILES string of the molecule is Cc1cccc(Sc2ccc(CN)cc2C)c1. The smallest absolute Gasteiger partial charge is 0.0178 e. The Labute approximate surface area is 107 Å². The van der Waals surface area contributed by atoms with Gasteiger partial charge in [-0.1, -0.05) is 41.6 Å². The molecule has 2 rings (SSSR count). The summed E-state index contributed by atoms with van der Waals surface area (Å²) in [5, 5.41) is 0. The van der Waals surface area contributed by atoms with Gasteiger partial charge in [0, 0.05) is 16.3 Å². The molecule has 0 aliphatic rings. The molecular formula is C15H17NS. The molecule has 0 unspecified atom stereocenters. The Morgan fingerprint density at radius 1 is 1.06 bits per heavy atom. The van der Waals surface area contributed by atoms with E-state index in [-0.39, 0.29) is 0 Å². The van der Waals surface area contributed by atoms with Crippen LogP contribution in [-0.4, -0.2) is 0 Å². The largest absolute Gasteiger partial charge is 0.326 e. The van der Waals surface area contributed by atoms with Gasteiger partial charge in [-0.3, -0.25) is 0 Å². The van der Waals surface area contributed by atoms with Crippen LogP contribution < -0.4 is 5.73 Å². The Hall–Kier alpha value is -1.25. The Kier molecular flexibility index (Phi) is 3.87. The summed E-state index contributed by atoms with van der Waals surface area (Å²) in [4.78, 5) is 2.58. The van der Waals surface area contributed by atoms with Crippen LogP contribution in [0.1, 0.15) is 16.7 Å². The maximum Gasteiger partial charge on any atom is 0.0178 e. The number of nitrogens with two attached hydrogens (primary N) is 1. The number of rotatable bonds is 3. The van der Waals surface area contributed by atoms with Crippen molar-refractivity contribution in [1.29, 1.82) is 0 Å². The van der Waals surface area contributed by atoms with Gasteiger partial charge >= 0.3 is 0 Å². The molecule has 0 aromatic heterocycles. The summed E-state index contributed by atoms with van der Waals surface area (Å²) in [7, 11) is 0. The normalized spacial score (nSPS) is 10.5. The zero-order valence-electron chi connectivity index (χ0n) is 10.2. The average Bonchev–Trinajstić information content (AvgIpc) is 2.32. The maximum absolute atomic E-state index is 5.63. The molecule has 0 amide bonds. The molecule has 2 heteroatoms. The minimum Gasteiger partial charge on any atom is -0.326 e. The quantitative estimate of drug-likeness (QED) is 0.884. The minimum absolute atomic E-state index is 0.607. The second kappa shape index (κ2) is 5.39. The predicted octanol–water partition coefficient (Wildman–Crippen LogP) is 3.91. The molecule has 0 saturated carbocycles. The first-order valence-corrected chi connectivity index (χ1v) is 6.55. The maximum atomic E-state index is 5.63. The van der Waals surface area contributed by atoms with Crippen molar-refractivity contribution >= 4 is 11.8 Å².